The summed E-state index contributed by atoms with van der Waals surface area (Å²) in [6.07, 6.45) is 2.82. The lowest BCUT2D eigenvalue weighted by molar-refractivity contribution is 0.0696. The van der Waals surface area contributed by atoms with Crippen LogP contribution in [0.1, 0.15) is 46.6 Å². The van der Waals surface area contributed by atoms with Crippen LogP contribution in [0, 0.1) is 5.41 Å². The molecular weight excluding hydrogens is 322 g/mol. The molecule has 0 bridgehead atoms. The molecule has 24 heavy (non-hydrogen) atoms. The Morgan fingerprint density at radius 3 is 2.79 bits per heavy atom. The Morgan fingerprint density at radius 2 is 2.12 bits per heavy atom. The summed E-state index contributed by atoms with van der Waals surface area (Å²) in [5.41, 5.74) is 3.40. The lowest BCUT2D eigenvalue weighted by Crippen LogP contribution is -2.22. The van der Waals surface area contributed by atoms with Gasteiger partial charge in [-0.1, -0.05) is 13.8 Å². The predicted molar refractivity (Wildman–Crippen MR) is 96.9 cm³/mol. The first-order chi connectivity index (χ1) is 11.3. The fourth-order valence-corrected chi connectivity index (χ4v) is 4.84. The highest BCUT2D eigenvalue weighted by Crippen LogP contribution is 2.46. The molecule has 1 heterocycles. The molecule has 0 atom stereocenters. The van der Waals surface area contributed by atoms with E-state index in [9.17, 15) is 15.0 Å². The van der Waals surface area contributed by atoms with Gasteiger partial charge in [0.15, 0.2) is 0 Å². The van der Waals surface area contributed by atoms with E-state index in [1.807, 2.05) is 13.1 Å². The third-order valence-electron chi connectivity index (χ3n) is 4.69. The highest BCUT2D eigenvalue weighted by atomic mass is 32.1. The maximum absolute atomic E-state index is 12.0. The Labute approximate surface area is 146 Å². The molecular formula is C19H23NO3S. The summed E-state index contributed by atoms with van der Waals surface area (Å²) in [5.74, 6) is -0.660. The van der Waals surface area contributed by atoms with Crippen molar-refractivity contribution in [2.24, 2.45) is 5.41 Å². The summed E-state index contributed by atoms with van der Waals surface area (Å²) < 4.78 is 0. The second-order valence-electron chi connectivity index (χ2n) is 7.23. The van der Waals surface area contributed by atoms with Crippen molar-refractivity contribution in [2.45, 2.75) is 39.7 Å². The van der Waals surface area contributed by atoms with Gasteiger partial charge in [0, 0.05) is 16.3 Å². The average molecular weight is 345 g/mol. The van der Waals surface area contributed by atoms with Crippen LogP contribution >= 0.6 is 11.3 Å². The Bertz CT molecular complexity index is 792. The fourth-order valence-electron chi connectivity index (χ4n) is 3.47. The molecule has 0 unspecified atom stereocenters. The second kappa shape index (κ2) is 6.22. The minimum absolute atomic E-state index is 0.137. The number of phenolic OH excluding ortho intramolecular Hbond substituents is 1. The van der Waals surface area contributed by atoms with Crippen LogP contribution in [0.25, 0.3) is 10.4 Å². The summed E-state index contributed by atoms with van der Waals surface area (Å²) >= 11 is 1.60. The van der Waals surface area contributed by atoms with E-state index in [-0.39, 0.29) is 11.2 Å². The number of hydrogen-bond donors (Lipinski definition) is 3. The van der Waals surface area contributed by atoms with E-state index in [1.165, 1.54) is 4.88 Å². The van der Waals surface area contributed by atoms with Crippen molar-refractivity contribution in [1.82, 2.24) is 5.32 Å². The Hall–Kier alpha value is -1.85. The first-order valence-electron chi connectivity index (χ1n) is 8.17. The highest BCUT2D eigenvalue weighted by molar-refractivity contribution is 7.16. The van der Waals surface area contributed by atoms with E-state index in [0.29, 0.717) is 12.1 Å². The molecule has 4 nitrogen and oxygen atoms in total. The van der Waals surface area contributed by atoms with Gasteiger partial charge in [0.25, 0.3) is 0 Å². The minimum atomic E-state index is -0.858. The topological polar surface area (TPSA) is 69.6 Å². The first-order valence-corrected chi connectivity index (χ1v) is 8.99. The molecule has 5 heteroatoms. The third kappa shape index (κ3) is 3.06. The van der Waals surface area contributed by atoms with E-state index < -0.39 is 5.97 Å². The summed E-state index contributed by atoms with van der Waals surface area (Å²) in [6, 6.07) is 5.17. The number of carbonyl (C=O) groups is 1. The largest absolute Gasteiger partial charge is 0.508 e. The molecule has 128 valence electrons. The van der Waals surface area contributed by atoms with Gasteiger partial charge in [0.05, 0.1) is 5.56 Å². The van der Waals surface area contributed by atoms with Gasteiger partial charge in [0.1, 0.15) is 5.75 Å². The molecule has 0 fully saturated rings. The van der Waals surface area contributed by atoms with Gasteiger partial charge in [-0.15, -0.1) is 11.3 Å². The Balaban J connectivity index is 2.20. The molecule has 1 aliphatic carbocycles. The first kappa shape index (κ1) is 17.0. The minimum Gasteiger partial charge on any atom is -0.508 e. The predicted octanol–water partition coefficient (Wildman–Crippen LogP) is 4.05. The van der Waals surface area contributed by atoms with Crippen LogP contribution in [0.2, 0.25) is 0 Å². The number of aromatic carboxylic acids is 1. The van der Waals surface area contributed by atoms with E-state index in [2.05, 4.69) is 19.2 Å². The van der Waals surface area contributed by atoms with Crippen LogP contribution in [0.4, 0.5) is 0 Å². The number of carboxylic acid groups (broad SMARTS) is 1. The lowest BCUT2D eigenvalue weighted by Gasteiger charge is -2.29. The standard InChI is InChI=1S/C19H23NO3S/c1-19(2)7-6-15-14(9-19)16(18(22)23)17(24-15)13-5-4-12(21)8-11(13)10-20-3/h4-5,8,20-21H,6-7,9-10H2,1-3H3,(H,22,23). The van der Waals surface area contributed by atoms with Crippen LogP contribution in [0.3, 0.4) is 0 Å². The number of nitrogens with one attached hydrogen (secondary N) is 1. The lowest BCUT2D eigenvalue weighted by atomic mass is 9.76. The third-order valence-corrected chi connectivity index (χ3v) is 6.01. The van der Waals surface area contributed by atoms with E-state index >= 15 is 0 Å². The quantitative estimate of drug-likeness (QED) is 0.782. The van der Waals surface area contributed by atoms with Gasteiger partial charge in [0.2, 0.25) is 0 Å². The SMILES string of the molecule is CNCc1cc(O)ccc1-c1sc2c(c1C(=O)O)CC(C)(C)CC2. The second-order valence-corrected chi connectivity index (χ2v) is 8.33. The van der Waals surface area contributed by atoms with E-state index in [1.54, 1.807) is 23.5 Å². The number of aromatic hydroxyl groups is 1. The summed E-state index contributed by atoms with van der Waals surface area (Å²) in [5, 5.41) is 22.7. The normalized spacial score (nSPS) is 16.0. The van der Waals surface area contributed by atoms with Gasteiger partial charge >= 0.3 is 5.97 Å². The fraction of sp³-hybridized carbons (Fsp3) is 0.421. The van der Waals surface area contributed by atoms with Crippen LogP contribution in [0.15, 0.2) is 18.2 Å². The number of fused-ring (bicyclic) bond motifs is 1. The van der Waals surface area contributed by atoms with Crippen molar-refractivity contribution in [3.63, 3.8) is 0 Å². The highest BCUT2D eigenvalue weighted by Gasteiger charge is 2.33. The molecule has 3 rings (SSSR count). The van der Waals surface area contributed by atoms with E-state index in [4.69, 9.17) is 0 Å². The molecule has 0 aliphatic heterocycles. The summed E-state index contributed by atoms with van der Waals surface area (Å²) in [6.45, 7) is 4.98. The van der Waals surface area contributed by atoms with E-state index in [0.717, 1.165) is 40.8 Å². The van der Waals surface area contributed by atoms with Crippen LogP contribution < -0.4 is 5.32 Å². The number of aryl methyl sites for hydroxylation is 1. The van der Waals surface area contributed by atoms with Crippen molar-refractivity contribution in [3.05, 3.63) is 39.8 Å². The van der Waals surface area contributed by atoms with Crippen molar-refractivity contribution in [1.29, 1.82) is 0 Å². The zero-order valence-electron chi connectivity index (χ0n) is 14.3. The van der Waals surface area contributed by atoms with Crippen molar-refractivity contribution < 1.29 is 15.0 Å². The van der Waals surface area contributed by atoms with Gasteiger partial charge in [-0.2, -0.15) is 0 Å². The number of thiophene rings is 1. The van der Waals surface area contributed by atoms with Gasteiger partial charge in [-0.25, -0.2) is 4.79 Å². The maximum Gasteiger partial charge on any atom is 0.337 e. The number of rotatable bonds is 4. The molecule has 3 N–H and O–H groups in total. The molecule has 0 amide bonds. The van der Waals surface area contributed by atoms with Crippen LogP contribution in [-0.4, -0.2) is 23.2 Å². The molecule has 0 saturated carbocycles. The molecule has 0 saturated heterocycles. The molecule has 0 radical (unpaired) electrons. The maximum atomic E-state index is 12.0. The van der Waals surface area contributed by atoms with Crippen LogP contribution in [0.5, 0.6) is 5.75 Å². The summed E-state index contributed by atoms with van der Waals surface area (Å²) in [7, 11) is 1.84. The number of benzene rings is 1. The summed E-state index contributed by atoms with van der Waals surface area (Å²) in [4.78, 5) is 14.0. The van der Waals surface area contributed by atoms with Crippen LogP contribution in [-0.2, 0) is 19.4 Å². The molecule has 0 spiro atoms. The molecule has 1 aromatic heterocycles. The molecule has 2 aromatic rings. The monoisotopic (exact) mass is 345 g/mol. The van der Waals surface area contributed by atoms with Gasteiger partial charge in [-0.05, 0) is 66.6 Å². The van der Waals surface area contributed by atoms with Crippen molar-refractivity contribution >= 4 is 17.3 Å². The number of hydrogen-bond acceptors (Lipinski definition) is 4. The van der Waals surface area contributed by atoms with Gasteiger partial charge in [-0.3, -0.25) is 0 Å². The number of phenols is 1. The zero-order valence-corrected chi connectivity index (χ0v) is 15.1. The zero-order chi connectivity index (χ0) is 17.5. The van der Waals surface area contributed by atoms with Crippen molar-refractivity contribution in [2.75, 3.05) is 7.05 Å². The van der Waals surface area contributed by atoms with Crippen molar-refractivity contribution in [3.8, 4) is 16.2 Å². The Kier molecular flexibility index (Phi) is 4.40. The van der Waals surface area contributed by atoms with Gasteiger partial charge < -0.3 is 15.5 Å². The average Bonchev–Trinajstić information content (AvgIpc) is 2.84. The molecule has 1 aliphatic rings. The number of carboxylic acids is 1. The Morgan fingerprint density at radius 1 is 1.38 bits per heavy atom. The smallest absolute Gasteiger partial charge is 0.337 e. The molecule has 1 aromatic carbocycles.